The van der Waals surface area contributed by atoms with Crippen LogP contribution >= 0.6 is 0 Å². The van der Waals surface area contributed by atoms with Crippen LogP contribution in [0.2, 0.25) is 0 Å². The van der Waals surface area contributed by atoms with Crippen LogP contribution in [0.25, 0.3) is 10.9 Å². The topological polar surface area (TPSA) is 90.8 Å². The van der Waals surface area contributed by atoms with Crippen molar-refractivity contribution >= 4 is 16.9 Å². The van der Waals surface area contributed by atoms with Crippen molar-refractivity contribution in [3.8, 4) is 0 Å². The maximum atomic E-state index is 12.6. The Balaban J connectivity index is 1.87. The van der Waals surface area contributed by atoms with Crippen molar-refractivity contribution in [3.63, 3.8) is 0 Å². The van der Waals surface area contributed by atoms with E-state index in [4.69, 9.17) is 5.84 Å². The smallest absolute Gasteiger partial charge is 0.262 e. The maximum absolute atomic E-state index is 12.6. The molecule has 7 heteroatoms. The van der Waals surface area contributed by atoms with Gasteiger partial charge in [0.15, 0.2) is 0 Å². The number of aromatic nitrogens is 4. The molecule has 0 spiro atoms. The molecule has 0 radical (unpaired) electrons. The molecule has 3 N–H and O–H groups in total. The van der Waals surface area contributed by atoms with E-state index in [9.17, 15) is 4.79 Å². The number of nitrogen functional groups attached to an aromatic ring is 1. The van der Waals surface area contributed by atoms with E-state index in [1.165, 1.54) is 0 Å². The van der Waals surface area contributed by atoms with Gasteiger partial charge in [-0.25, -0.2) is 10.8 Å². The van der Waals surface area contributed by atoms with E-state index in [1.807, 2.05) is 29.8 Å². The number of hydrazine groups is 1. The zero-order valence-electron chi connectivity index (χ0n) is 12.4. The van der Waals surface area contributed by atoms with E-state index < -0.39 is 0 Å². The van der Waals surface area contributed by atoms with Gasteiger partial charge in [0.25, 0.3) is 5.56 Å². The summed E-state index contributed by atoms with van der Waals surface area (Å²) in [6.07, 6.45) is 2.53. The lowest BCUT2D eigenvalue weighted by Gasteiger charge is -2.13. The molecule has 1 aromatic carbocycles. The minimum absolute atomic E-state index is 0.0873. The molecule has 3 rings (SSSR count). The first-order valence-corrected chi connectivity index (χ1v) is 7.15. The number of nitrogens with one attached hydrogen (secondary N) is 1. The Morgan fingerprint density at radius 2 is 2.05 bits per heavy atom. The van der Waals surface area contributed by atoms with Crippen LogP contribution < -0.4 is 16.8 Å². The number of rotatable bonds is 5. The van der Waals surface area contributed by atoms with E-state index in [1.54, 1.807) is 22.9 Å². The van der Waals surface area contributed by atoms with Crippen LogP contribution in [0.15, 0.2) is 41.3 Å². The lowest BCUT2D eigenvalue weighted by molar-refractivity contribution is 0.513. The van der Waals surface area contributed by atoms with Crippen LogP contribution in [-0.4, -0.2) is 19.3 Å². The van der Waals surface area contributed by atoms with Gasteiger partial charge in [0.1, 0.15) is 0 Å². The number of nitrogens with zero attached hydrogens (tertiary/aromatic N) is 4. The monoisotopic (exact) mass is 298 g/mol. The Morgan fingerprint density at radius 1 is 1.23 bits per heavy atom. The number of para-hydroxylation sites is 1. The standard InChI is InChI=1S/C15H18N6O/c1-11-7-8-17-21(11)10-4-9-20-14(22)12-5-2-3-6-13(12)18-15(20)19-16/h2-3,5-8H,4,9-10,16H2,1H3,(H,18,19). The van der Waals surface area contributed by atoms with Gasteiger partial charge in [-0.3, -0.25) is 19.5 Å². The fraction of sp³-hybridized carbons (Fsp3) is 0.267. The summed E-state index contributed by atoms with van der Waals surface area (Å²) in [5, 5.41) is 4.83. The number of hydrogen-bond acceptors (Lipinski definition) is 5. The van der Waals surface area contributed by atoms with Gasteiger partial charge in [0.05, 0.1) is 10.9 Å². The summed E-state index contributed by atoms with van der Waals surface area (Å²) in [5.41, 5.74) is 4.16. The second-order valence-electron chi connectivity index (χ2n) is 5.10. The minimum atomic E-state index is -0.0873. The lowest BCUT2D eigenvalue weighted by atomic mass is 10.2. The van der Waals surface area contributed by atoms with E-state index >= 15 is 0 Å². The molecule has 22 heavy (non-hydrogen) atoms. The van der Waals surface area contributed by atoms with Crippen molar-refractivity contribution in [2.24, 2.45) is 5.84 Å². The molecule has 0 fully saturated rings. The Hall–Kier alpha value is -2.67. The van der Waals surface area contributed by atoms with Gasteiger partial charge in [0.2, 0.25) is 5.95 Å². The number of nitrogens with two attached hydrogens (primary N) is 1. The summed E-state index contributed by atoms with van der Waals surface area (Å²) in [4.78, 5) is 17.0. The van der Waals surface area contributed by atoms with Crippen molar-refractivity contribution in [3.05, 3.63) is 52.6 Å². The van der Waals surface area contributed by atoms with E-state index in [2.05, 4.69) is 15.5 Å². The normalized spacial score (nSPS) is 11.0. The first kappa shape index (κ1) is 14.3. The average molecular weight is 298 g/mol. The van der Waals surface area contributed by atoms with Crippen molar-refractivity contribution in [2.75, 3.05) is 5.43 Å². The summed E-state index contributed by atoms with van der Waals surface area (Å²) in [6.45, 7) is 3.27. The largest absolute Gasteiger partial charge is 0.294 e. The van der Waals surface area contributed by atoms with Crippen LogP contribution in [0.3, 0.4) is 0 Å². The molecular weight excluding hydrogens is 280 g/mol. The quantitative estimate of drug-likeness (QED) is 0.547. The van der Waals surface area contributed by atoms with E-state index in [0.717, 1.165) is 18.7 Å². The van der Waals surface area contributed by atoms with Gasteiger partial charge >= 0.3 is 0 Å². The first-order chi connectivity index (χ1) is 10.7. The highest BCUT2D eigenvalue weighted by molar-refractivity contribution is 5.78. The van der Waals surface area contributed by atoms with Gasteiger partial charge in [-0.2, -0.15) is 5.10 Å². The predicted molar refractivity (Wildman–Crippen MR) is 85.4 cm³/mol. The fourth-order valence-corrected chi connectivity index (χ4v) is 2.50. The first-order valence-electron chi connectivity index (χ1n) is 7.15. The Kier molecular flexibility index (Phi) is 3.88. The molecule has 0 aliphatic carbocycles. The number of benzene rings is 1. The van der Waals surface area contributed by atoms with Gasteiger partial charge in [0, 0.05) is 25.0 Å². The third-order valence-corrected chi connectivity index (χ3v) is 3.67. The molecule has 0 saturated carbocycles. The summed E-state index contributed by atoms with van der Waals surface area (Å²) in [7, 11) is 0. The van der Waals surface area contributed by atoms with Crippen LogP contribution in [0, 0.1) is 6.92 Å². The van der Waals surface area contributed by atoms with Crippen LogP contribution in [0.1, 0.15) is 12.1 Å². The molecule has 2 heterocycles. The minimum Gasteiger partial charge on any atom is -0.294 e. The Labute approximate surface area is 127 Å². The molecule has 114 valence electrons. The molecule has 0 unspecified atom stereocenters. The molecule has 0 bridgehead atoms. The van der Waals surface area contributed by atoms with Gasteiger partial charge in [-0.05, 0) is 31.5 Å². The highest BCUT2D eigenvalue weighted by atomic mass is 16.1. The summed E-state index contributed by atoms with van der Waals surface area (Å²) in [6, 6.07) is 9.21. The van der Waals surface area contributed by atoms with Gasteiger partial charge in [-0.1, -0.05) is 12.1 Å². The predicted octanol–water partition coefficient (Wildman–Crippen LogP) is 1.28. The summed E-state index contributed by atoms with van der Waals surface area (Å²) >= 11 is 0. The second kappa shape index (κ2) is 5.98. The molecule has 2 aromatic heterocycles. The SMILES string of the molecule is Cc1ccnn1CCCn1c(NN)nc2ccccc2c1=O. The third-order valence-electron chi connectivity index (χ3n) is 3.67. The summed E-state index contributed by atoms with van der Waals surface area (Å²) < 4.78 is 3.48. The number of aryl methyl sites for hydroxylation is 2. The Morgan fingerprint density at radius 3 is 2.77 bits per heavy atom. The van der Waals surface area contributed by atoms with Gasteiger partial charge < -0.3 is 0 Å². The van der Waals surface area contributed by atoms with E-state index in [0.29, 0.717) is 23.4 Å². The Bertz CT molecular complexity index is 851. The van der Waals surface area contributed by atoms with Crippen LogP contribution in [0.5, 0.6) is 0 Å². The third kappa shape index (κ3) is 2.58. The molecular formula is C15H18N6O. The van der Waals surface area contributed by atoms with Crippen molar-refractivity contribution in [1.29, 1.82) is 0 Å². The van der Waals surface area contributed by atoms with Crippen LogP contribution in [0.4, 0.5) is 5.95 Å². The zero-order valence-corrected chi connectivity index (χ0v) is 12.4. The fourth-order valence-electron chi connectivity index (χ4n) is 2.50. The molecule has 0 saturated heterocycles. The molecule has 3 aromatic rings. The maximum Gasteiger partial charge on any atom is 0.262 e. The highest BCUT2D eigenvalue weighted by Crippen LogP contribution is 2.11. The van der Waals surface area contributed by atoms with Crippen molar-refractivity contribution in [1.82, 2.24) is 19.3 Å². The lowest BCUT2D eigenvalue weighted by Crippen LogP contribution is -2.27. The number of fused-ring (bicyclic) bond motifs is 1. The molecule has 0 atom stereocenters. The second-order valence-corrected chi connectivity index (χ2v) is 5.10. The van der Waals surface area contributed by atoms with Gasteiger partial charge in [-0.15, -0.1) is 0 Å². The average Bonchev–Trinajstić information content (AvgIpc) is 2.94. The molecule has 0 aliphatic heterocycles. The zero-order chi connectivity index (χ0) is 15.5. The molecule has 0 aliphatic rings. The van der Waals surface area contributed by atoms with E-state index in [-0.39, 0.29) is 5.56 Å². The number of hydrogen-bond donors (Lipinski definition) is 2. The molecule has 0 amide bonds. The van der Waals surface area contributed by atoms with Crippen molar-refractivity contribution < 1.29 is 0 Å². The van der Waals surface area contributed by atoms with Crippen molar-refractivity contribution in [2.45, 2.75) is 26.4 Å². The summed E-state index contributed by atoms with van der Waals surface area (Å²) in [5.74, 6) is 5.89. The number of anilines is 1. The highest BCUT2D eigenvalue weighted by Gasteiger charge is 2.09. The molecule has 7 nitrogen and oxygen atoms in total. The van der Waals surface area contributed by atoms with Crippen LogP contribution in [-0.2, 0) is 13.1 Å².